The number of benzene rings is 2. The summed E-state index contributed by atoms with van der Waals surface area (Å²) in [5.74, 6) is -0.505. The summed E-state index contributed by atoms with van der Waals surface area (Å²) in [4.78, 5) is 16.0. The molecule has 0 radical (unpaired) electrons. The minimum atomic E-state index is -3.26. The predicted molar refractivity (Wildman–Crippen MR) is 127 cm³/mol. The zero-order valence-electron chi connectivity index (χ0n) is 16.8. The summed E-state index contributed by atoms with van der Waals surface area (Å²) in [5, 5.41) is 8.63. The average Bonchev–Trinajstić information content (AvgIpc) is 2.68. The van der Waals surface area contributed by atoms with Crippen molar-refractivity contribution in [2.24, 2.45) is 4.99 Å². The van der Waals surface area contributed by atoms with Crippen molar-refractivity contribution in [1.29, 1.82) is 0 Å². The molecule has 0 unspecified atom stereocenters. The largest absolute Gasteiger partial charge is 0.352 e. The third-order valence-corrected chi connectivity index (χ3v) is 4.84. The number of sulfone groups is 1. The molecule has 1 amide bonds. The van der Waals surface area contributed by atoms with E-state index in [-0.39, 0.29) is 48.7 Å². The zero-order chi connectivity index (χ0) is 21.3. The van der Waals surface area contributed by atoms with Gasteiger partial charge in [-0.05, 0) is 28.8 Å². The van der Waals surface area contributed by atoms with Crippen molar-refractivity contribution in [3.05, 3.63) is 71.0 Å². The summed E-state index contributed by atoms with van der Waals surface area (Å²) < 4.78 is 36.7. The molecule has 0 aromatic heterocycles. The summed E-state index contributed by atoms with van der Waals surface area (Å²) in [5.41, 5.74) is 2.01. The van der Waals surface area contributed by atoms with Crippen LogP contribution in [0.5, 0.6) is 0 Å². The second-order valence-electron chi connectivity index (χ2n) is 6.52. The van der Waals surface area contributed by atoms with E-state index in [4.69, 9.17) is 0 Å². The van der Waals surface area contributed by atoms with Gasteiger partial charge in [-0.15, -0.1) is 24.0 Å². The molecule has 0 spiro atoms. The van der Waals surface area contributed by atoms with Gasteiger partial charge in [0.1, 0.15) is 5.82 Å². The van der Waals surface area contributed by atoms with Crippen LogP contribution in [0.1, 0.15) is 16.7 Å². The maximum atomic E-state index is 13.6. The van der Waals surface area contributed by atoms with E-state index in [0.29, 0.717) is 23.6 Å². The van der Waals surface area contributed by atoms with Gasteiger partial charge in [0.25, 0.3) is 0 Å². The van der Waals surface area contributed by atoms with Crippen molar-refractivity contribution in [2.75, 3.05) is 19.8 Å². The number of carbonyl (C=O) groups is 1. The lowest BCUT2D eigenvalue weighted by Crippen LogP contribution is -2.42. The number of guanidine groups is 1. The van der Waals surface area contributed by atoms with Crippen LogP contribution in [-0.4, -0.2) is 40.1 Å². The molecular formula is C20H26FIN4O3S. The summed E-state index contributed by atoms with van der Waals surface area (Å²) in [6, 6.07) is 13.5. The van der Waals surface area contributed by atoms with Gasteiger partial charge < -0.3 is 16.0 Å². The van der Waals surface area contributed by atoms with Crippen LogP contribution in [0.2, 0.25) is 0 Å². The summed E-state index contributed by atoms with van der Waals surface area (Å²) in [7, 11) is -1.71. The van der Waals surface area contributed by atoms with E-state index in [9.17, 15) is 17.6 Å². The number of nitrogens with one attached hydrogen (secondary N) is 3. The van der Waals surface area contributed by atoms with Gasteiger partial charge in [-0.1, -0.05) is 36.4 Å². The van der Waals surface area contributed by atoms with Gasteiger partial charge in [0.2, 0.25) is 5.91 Å². The van der Waals surface area contributed by atoms with Gasteiger partial charge >= 0.3 is 0 Å². The van der Waals surface area contributed by atoms with E-state index >= 15 is 0 Å². The Bertz CT molecular complexity index is 969. The summed E-state index contributed by atoms with van der Waals surface area (Å²) in [6.45, 7) is 0.589. The van der Waals surface area contributed by atoms with E-state index < -0.39 is 15.7 Å². The predicted octanol–water partition coefficient (Wildman–Crippen LogP) is 1.97. The van der Waals surface area contributed by atoms with Crippen LogP contribution in [0, 0.1) is 5.82 Å². The van der Waals surface area contributed by atoms with E-state index in [2.05, 4.69) is 20.9 Å². The topological polar surface area (TPSA) is 99.7 Å². The zero-order valence-corrected chi connectivity index (χ0v) is 20.0. The van der Waals surface area contributed by atoms with Crippen LogP contribution in [0.3, 0.4) is 0 Å². The highest BCUT2D eigenvalue weighted by Gasteiger charge is 2.11. The Hall–Kier alpha value is -2.21. The standard InChI is InChI=1S/C20H25FN4O3S.HI/c1-22-20(25-13-19(26)23-11-15-6-4-3-5-7-15)24-12-17-10-18(21)9-8-16(17)14-29(2,27)28;/h3-10H,11-14H2,1-2H3,(H,23,26)(H2,22,24,25);1H. The number of carbonyl (C=O) groups excluding carboxylic acids is 1. The van der Waals surface area contributed by atoms with Crippen molar-refractivity contribution in [3.63, 3.8) is 0 Å². The number of nitrogens with zero attached hydrogens (tertiary/aromatic N) is 1. The van der Waals surface area contributed by atoms with Gasteiger partial charge in [0, 0.05) is 26.4 Å². The number of hydrogen-bond acceptors (Lipinski definition) is 4. The highest BCUT2D eigenvalue weighted by Crippen LogP contribution is 2.14. The Morgan fingerprint density at radius 1 is 1.00 bits per heavy atom. The first kappa shape index (κ1) is 25.8. The van der Waals surface area contributed by atoms with Crippen LogP contribution < -0.4 is 16.0 Å². The molecule has 2 aromatic carbocycles. The van der Waals surface area contributed by atoms with Gasteiger partial charge in [0.05, 0.1) is 12.3 Å². The molecule has 0 saturated carbocycles. The molecule has 0 aliphatic rings. The first-order valence-electron chi connectivity index (χ1n) is 8.97. The lowest BCUT2D eigenvalue weighted by Gasteiger charge is -2.14. The quantitative estimate of drug-likeness (QED) is 0.266. The third kappa shape index (κ3) is 9.53. The summed E-state index contributed by atoms with van der Waals surface area (Å²) in [6.07, 6.45) is 1.13. The van der Waals surface area contributed by atoms with Crippen molar-refractivity contribution in [1.82, 2.24) is 16.0 Å². The second kappa shape index (κ2) is 12.5. The molecule has 0 aliphatic carbocycles. The van der Waals surface area contributed by atoms with E-state index in [1.165, 1.54) is 18.2 Å². The molecule has 2 rings (SSSR count). The first-order chi connectivity index (χ1) is 13.8. The van der Waals surface area contributed by atoms with Gasteiger partial charge in [-0.3, -0.25) is 9.79 Å². The van der Waals surface area contributed by atoms with Crippen LogP contribution in [-0.2, 0) is 33.5 Å². The van der Waals surface area contributed by atoms with E-state index in [0.717, 1.165) is 11.8 Å². The Balaban J connectivity index is 0.00000450. The van der Waals surface area contributed by atoms with Gasteiger partial charge in [-0.25, -0.2) is 12.8 Å². The number of halogens is 2. The van der Waals surface area contributed by atoms with E-state index in [1.54, 1.807) is 7.05 Å². The molecule has 10 heteroatoms. The van der Waals surface area contributed by atoms with Crippen LogP contribution in [0.25, 0.3) is 0 Å². The van der Waals surface area contributed by atoms with Gasteiger partial charge in [-0.2, -0.15) is 0 Å². The first-order valence-corrected chi connectivity index (χ1v) is 11.0. The van der Waals surface area contributed by atoms with Crippen molar-refractivity contribution in [3.8, 4) is 0 Å². The molecule has 2 aromatic rings. The minimum Gasteiger partial charge on any atom is -0.352 e. The number of amides is 1. The normalized spacial score (nSPS) is 11.4. The molecule has 7 nitrogen and oxygen atoms in total. The molecule has 3 N–H and O–H groups in total. The SMILES string of the molecule is CN=C(NCC(=O)NCc1ccccc1)NCc1cc(F)ccc1CS(C)(=O)=O.I. The Kier molecular flexibility index (Phi) is 10.7. The monoisotopic (exact) mass is 548 g/mol. The lowest BCUT2D eigenvalue weighted by molar-refractivity contribution is -0.120. The fourth-order valence-corrected chi connectivity index (χ4v) is 3.45. The van der Waals surface area contributed by atoms with Crippen LogP contribution in [0.15, 0.2) is 53.5 Å². The Morgan fingerprint density at radius 2 is 1.70 bits per heavy atom. The molecule has 164 valence electrons. The maximum Gasteiger partial charge on any atom is 0.239 e. The van der Waals surface area contributed by atoms with E-state index in [1.807, 2.05) is 30.3 Å². The molecule has 0 bridgehead atoms. The Morgan fingerprint density at radius 3 is 2.33 bits per heavy atom. The molecule has 30 heavy (non-hydrogen) atoms. The molecule has 0 fully saturated rings. The minimum absolute atomic E-state index is 0. The molecular weight excluding hydrogens is 522 g/mol. The summed E-state index contributed by atoms with van der Waals surface area (Å²) >= 11 is 0. The highest BCUT2D eigenvalue weighted by molar-refractivity contribution is 14.0. The Labute approximate surface area is 193 Å². The van der Waals surface area contributed by atoms with Crippen molar-refractivity contribution in [2.45, 2.75) is 18.8 Å². The molecule has 0 saturated heterocycles. The average molecular weight is 548 g/mol. The van der Waals surface area contributed by atoms with Gasteiger partial charge in [0.15, 0.2) is 15.8 Å². The number of aliphatic imine (C=N–C) groups is 1. The smallest absolute Gasteiger partial charge is 0.239 e. The molecule has 0 aliphatic heterocycles. The van der Waals surface area contributed by atoms with Crippen molar-refractivity contribution < 1.29 is 17.6 Å². The fourth-order valence-electron chi connectivity index (χ4n) is 2.60. The third-order valence-electron chi connectivity index (χ3n) is 4.00. The maximum absolute atomic E-state index is 13.6. The van der Waals surface area contributed by atoms with Crippen molar-refractivity contribution >= 4 is 45.7 Å². The second-order valence-corrected chi connectivity index (χ2v) is 8.66. The molecule has 0 heterocycles. The fraction of sp³-hybridized carbons (Fsp3) is 0.300. The van der Waals surface area contributed by atoms with Crippen LogP contribution >= 0.6 is 24.0 Å². The van der Waals surface area contributed by atoms with Crippen LogP contribution in [0.4, 0.5) is 4.39 Å². The lowest BCUT2D eigenvalue weighted by atomic mass is 10.1. The molecule has 0 atom stereocenters. The number of rotatable bonds is 8. The highest BCUT2D eigenvalue weighted by atomic mass is 127. The number of hydrogen-bond donors (Lipinski definition) is 3.